The first-order valence-corrected chi connectivity index (χ1v) is 6.78. The lowest BCUT2D eigenvalue weighted by molar-refractivity contribution is 0.0697. The summed E-state index contributed by atoms with van der Waals surface area (Å²) >= 11 is 0. The third kappa shape index (κ3) is 2.67. The van der Waals surface area contributed by atoms with Gasteiger partial charge in [-0.25, -0.2) is 9.78 Å². The molecule has 0 unspecified atom stereocenters. The molecule has 1 aromatic carbocycles. The predicted octanol–water partition coefficient (Wildman–Crippen LogP) is 2.35. The van der Waals surface area contributed by atoms with E-state index in [0.717, 1.165) is 29.9 Å². The van der Waals surface area contributed by atoms with Crippen molar-refractivity contribution in [1.29, 1.82) is 0 Å². The highest BCUT2D eigenvalue weighted by atomic mass is 16.5. The summed E-state index contributed by atoms with van der Waals surface area (Å²) in [5.74, 6) is -0.279. The van der Waals surface area contributed by atoms with Crippen LogP contribution in [-0.4, -0.2) is 29.7 Å². The zero-order valence-corrected chi connectivity index (χ0v) is 11.7. The minimum absolute atomic E-state index is 0.343. The summed E-state index contributed by atoms with van der Waals surface area (Å²) in [4.78, 5) is 17.6. The molecule has 0 spiro atoms. The Morgan fingerprint density at radius 3 is 3.00 bits per heavy atom. The van der Waals surface area contributed by atoms with Crippen LogP contribution in [0.15, 0.2) is 36.4 Å². The van der Waals surface area contributed by atoms with Crippen molar-refractivity contribution in [1.82, 2.24) is 4.98 Å². The molecule has 0 aliphatic carbocycles. The summed E-state index contributed by atoms with van der Waals surface area (Å²) in [6, 6.07) is 11.0. The quantitative estimate of drug-likeness (QED) is 0.933. The zero-order chi connectivity index (χ0) is 14.8. The van der Waals surface area contributed by atoms with Gasteiger partial charge in [-0.3, -0.25) is 0 Å². The van der Waals surface area contributed by atoms with Crippen molar-refractivity contribution in [2.45, 2.75) is 13.0 Å². The molecule has 1 N–H and O–H groups in total. The second kappa shape index (κ2) is 5.44. The monoisotopic (exact) mass is 284 g/mol. The molecule has 108 valence electrons. The van der Waals surface area contributed by atoms with E-state index in [0.29, 0.717) is 18.0 Å². The van der Waals surface area contributed by atoms with Gasteiger partial charge in [-0.1, -0.05) is 6.07 Å². The molecule has 1 aromatic heterocycles. The van der Waals surface area contributed by atoms with Crippen LogP contribution in [0.25, 0.3) is 0 Å². The number of carbonyl (C=O) groups is 1. The minimum Gasteiger partial charge on any atom is -0.481 e. The summed E-state index contributed by atoms with van der Waals surface area (Å²) in [7, 11) is 1.60. The number of rotatable bonds is 4. The maximum atomic E-state index is 11.0. The summed E-state index contributed by atoms with van der Waals surface area (Å²) in [6.07, 6.45) is 0.862. The minimum atomic E-state index is -0.884. The maximum absolute atomic E-state index is 11.0. The molecule has 0 bridgehead atoms. The number of carboxylic acids is 1. The summed E-state index contributed by atoms with van der Waals surface area (Å²) in [5, 5.41) is 9.04. The van der Waals surface area contributed by atoms with Gasteiger partial charge in [0, 0.05) is 18.3 Å². The van der Waals surface area contributed by atoms with Crippen LogP contribution in [0.3, 0.4) is 0 Å². The molecule has 2 aromatic rings. The average Bonchev–Trinajstić information content (AvgIpc) is 2.90. The number of anilines is 1. The van der Waals surface area contributed by atoms with E-state index >= 15 is 0 Å². The fourth-order valence-electron chi connectivity index (χ4n) is 2.62. The Morgan fingerprint density at radius 2 is 2.24 bits per heavy atom. The van der Waals surface area contributed by atoms with Gasteiger partial charge in [0.15, 0.2) is 0 Å². The highest BCUT2D eigenvalue weighted by molar-refractivity contribution is 5.88. The first kappa shape index (κ1) is 13.4. The number of ether oxygens (including phenoxy) is 1. The van der Waals surface area contributed by atoms with Gasteiger partial charge in [0.25, 0.3) is 0 Å². The molecule has 2 heterocycles. The Balaban J connectivity index is 1.82. The number of methoxy groups -OCH3 is 1. The van der Waals surface area contributed by atoms with Crippen LogP contribution in [0.5, 0.6) is 5.88 Å². The number of benzene rings is 1. The molecule has 0 saturated heterocycles. The van der Waals surface area contributed by atoms with Crippen LogP contribution >= 0.6 is 0 Å². The predicted molar refractivity (Wildman–Crippen MR) is 78.9 cm³/mol. The van der Waals surface area contributed by atoms with E-state index < -0.39 is 5.97 Å². The molecule has 21 heavy (non-hydrogen) atoms. The van der Waals surface area contributed by atoms with Crippen molar-refractivity contribution < 1.29 is 14.6 Å². The lowest BCUT2D eigenvalue weighted by Gasteiger charge is -2.19. The highest BCUT2D eigenvalue weighted by Crippen LogP contribution is 2.30. The Kier molecular flexibility index (Phi) is 3.48. The molecule has 0 atom stereocenters. The van der Waals surface area contributed by atoms with Crippen LogP contribution in [0.1, 0.15) is 21.6 Å². The molecule has 0 amide bonds. The summed E-state index contributed by atoms with van der Waals surface area (Å²) in [5.41, 5.74) is 3.45. The van der Waals surface area contributed by atoms with Crippen molar-refractivity contribution in [3.8, 4) is 5.88 Å². The fourth-order valence-corrected chi connectivity index (χ4v) is 2.62. The smallest absolute Gasteiger partial charge is 0.335 e. The van der Waals surface area contributed by atoms with Crippen LogP contribution in [0.2, 0.25) is 0 Å². The molecule has 0 radical (unpaired) electrons. The van der Waals surface area contributed by atoms with E-state index in [1.165, 1.54) is 0 Å². The van der Waals surface area contributed by atoms with Gasteiger partial charge < -0.3 is 14.7 Å². The van der Waals surface area contributed by atoms with Crippen molar-refractivity contribution >= 4 is 11.7 Å². The third-order valence-electron chi connectivity index (χ3n) is 3.66. The van der Waals surface area contributed by atoms with Gasteiger partial charge >= 0.3 is 5.97 Å². The second-order valence-electron chi connectivity index (χ2n) is 4.99. The lowest BCUT2D eigenvalue weighted by atomic mass is 10.1. The van der Waals surface area contributed by atoms with E-state index in [4.69, 9.17) is 9.84 Å². The second-order valence-corrected chi connectivity index (χ2v) is 4.99. The van der Waals surface area contributed by atoms with Crippen molar-refractivity contribution in [2.24, 2.45) is 0 Å². The van der Waals surface area contributed by atoms with E-state index in [2.05, 4.69) is 9.88 Å². The summed E-state index contributed by atoms with van der Waals surface area (Å²) in [6.45, 7) is 1.56. The largest absolute Gasteiger partial charge is 0.481 e. The van der Waals surface area contributed by atoms with Gasteiger partial charge in [-0.15, -0.1) is 0 Å². The molecule has 1 aliphatic heterocycles. The zero-order valence-electron chi connectivity index (χ0n) is 11.7. The molecule has 3 rings (SSSR count). The molecule has 0 saturated carbocycles. The Bertz CT molecular complexity index is 685. The van der Waals surface area contributed by atoms with E-state index in [1.54, 1.807) is 19.2 Å². The van der Waals surface area contributed by atoms with E-state index in [9.17, 15) is 4.79 Å². The van der Waals surface area contributed by atoms with E-state index in [-0.39, 0.29) is 0 Å². The number of aromatic carboxylic acids is 1. The standard InChI is InChI=1S/C16H16N2O3/c1-21-15-4-2-3-13(17-15)10-18-8-7-11-9-12(16(19)20)5-6-14(11)18/h2-6,9H,7-8,10H2,1H3,(H,19,20). The van der Waals surface area contributed by atoms with Crippen LogP contribution in [0.4, 0.5) is 5.69 Å². The SMILES string of the molecule is COc1cccc(CN2CCc3cc(C(=O)O)ccc32)n1. The molecule has 0 fully saturated rings. The number of hydrogen-bond acceptors (Lipinski definition) is 4. The van der Waals surface area contributed by atoms with Crippen molar-refractivity contribution in [3.63, 3.8) is 0 Å². The number of carboxylic acid groups (broad SMARTS) is 1. The lowest BCUT2D eigenvalue weighted by Crippen LogP contribution is -2.20. The Hall–Kier alpha value is -2.56. The number of nitrogens with zero attached hydrogens (tertiary/aromatic N) is 2. The molecular formula is C16H16N2O3. The van der Waals surface area contributed by atoms with Gasteiger partial charge in [0.05, 0.1) is 24.9 Å². The van der Waals surface area contributed by atoms with Crippen molar-refractivity contribution in [3.05, 3.63) is 53.2 Å². The number of aromatic nitrogens is 1. The normalized spacial score (nSPS) is 13.1. The van der Waals surface area contributed by atoms with Crippen LogP contribution in [0, 0.1) is 0 Å². The Morgan fingerprint density at radius 1 is 1.38 bits per heavy atom. The molecule has 1 aliphatic rings. The number of hydrogen-bond donors (Lipinski definition) is 1. The molecule has 5 heteroatoms. The Labute approximate surface area is 122 Å². The topological polar surface area (TPSA) is 62.7 Å². The van der Waals surface area contributed by atoms with Crippen LogP contribution in [-0.2, 0) is 13.0 Å². The van der Waals surface area contributed by atoms with Gasteiger partial charge in [-0.2, -0.15) is 0 Å². The third-order valence-corrected chi connectivity index (χ3v) is 3.66. The van der Waals surface area contributed by atoms with Gasteiger partial charge in [-0.05, 0) is 36.2 Å². The number of pyridine rings is 1. The number of fused-ring (bicyclic) bond motifs is 1. The van der Waals surface area contributed by atoms with Gasteiger partial charge in [0.2, 0.25) is 5.88 Å². The van der Waals surface area contributed by atoms with E-state index in [1.807, 2.05) is 24.3 Å². The first-order valence-electron chi connectivity index (χ1n) is 6.78. The molecule has 5 nitrogen and oxygen atoms in total. The summed E-state index contributed by atoms with van der Waals surface area (Å²) < 4.78 is 5.14. The molecular weight excluding hydrogens is 268 g/mol. The van der Waals surface area contributed by atoms with Crippen LogP contribution < -0.4 is 9.64 Å². The average molecular weight is 284 g/mol. The fraction of sp³-hybridized carbons (Fsp3) is 0.250. The van der Waals surface area contributed by atoms with Crippen molar-refractivity contribution in [2.75, 3.05) is 18.6 Å². The first-order chi connectivity index (χ1) is 10.2. The maximum Gasteiger partial charge on any atom is 0.335 e. The van der Waals surface area contributed by atoms with Gasteiger partial charge in [0.1, 0.15) is 0 Å². The highest BCUT2D eigenvalue weighted by Gasteiger charge is 2.21.